The maximum atomic E-state index is 12.3. The van der Waals surface area contributed by atoms with Crippen molar-refractivity contribution in [1.82, 2.24) is 9.80 Å². The monoisotopic (exact) mass is 276 g/mol. The van der Waals surface area contributed by atoms with Gasteiger partial charge in [0.05, 0.1) is 6.04 Å². The lowest BCUT2D eigenvalue weighted by atomic mass is 10.1. The van der Waals surface area contributed by atoms with Crippen LogP contribution in [0.3, 0.4) is 0 Å². The minimum Gasteiger partial charge on any atom is -0.480 e. The average Bonchev–Trinajstić information content (AvgIpc) is 2.86. The maximum Gasteiger partial charge on any atom is 0.323 e. The molecule has 108 valence electrons. The van der Waals surface area contributed by atoms with Gasteiger partial charge in [0, 0.05) is 13.6 Å². The van der Waals surface area contributed by atoms with Crippen molar-refractivity contribution in [3.63, 3.8) is 0 Å². The van der Waals surface area contributed by atoms with Crippen molar-refractivity contribution >= 4 is 11.9 Å². The molecular formula is C15H20N2O3. The number of rotatable bonds is 5. The van der Waals surface area contributed by atoms with E-state index in [1.54, 1.807) is 7.05 Å². The largest absolute Gasteiger partial charge is 0.480 e. The standard InChI is InChI=1S/C15H20N2O3/c1-16(11-14(18)19)15(20)13-8-5-9-17(13)10-12-6-3-2-4-7-12/h2-4,6-7,13H,5,8-11H2,1H3,(H,18,19)/t13-/m0/s1. The Morgan fingerprint density at radius 1 is 1.35 bits per heavy atom. The third-order valence-electron chi connectivity index (χ3n) is 3.63. The molecule has 0 unspecified atom stereocenters. The topological polar surface area (TPSA) is 60.9 Å². The Kier molecular flexibility index (Phi) is 4.74. The molecule has 5 heteroatoms. The Balaban J connectivity index is 2.00. The van der Waals surface area contributed by atoms with Gasteiger partial charge in [-0.1, -0.05) is 30.3 Å². The minimum atomic E-state index is -0.978. The Labute approximate surface area is 118 Å². The number of aliphatic carboxylic acids is 1. The first kappa shape index (κ1) is 14.5. The summed E-state index contributed by atoms with van der Waals surface area (Å²) in [6.07, 6.45) is 1.78. The van der Waals surface area contributed by atoms with Crippen molar-refractivity contribution in [3.8, 4) is 0 Å². The van der Waals surface area contributed by atoms with Crippen LogP contribution in [-0.4, -0.2) is 53.0 Å². The highest BCUT2D eigenvalue weighted by Crippen LogP contribution is 2.21. The highest BCUT2D eigenvalue weighted by atomic mass is 16.4. The summed E-state index contributed by atoms with van der Waals surface area (Å²) in [6, 6.07) is 9.83. The van der Waals surface area contributed by atoms with Crippen LogP contribution >= 0.6 is 0 Å². The van der Waals surface area contributed by atoms with E-state index in [-0.39, 0.29) is 18.5 Å². The number of carboxylic acid groups (broad SMARTS) is 1. The fraction of sp³-hybridized carbons (Fsp3) is 0.467. The summed E-state index contributed by atoms with van der Waals surface area (Å²) in [5.41, 5.74) is 1.17. The van der Waals surface area contributed by atoms with Crippen LogP contribution in [0.2, 0.25) is 0 Å². The van der Waals surface area contributed by atoms with Crippen LogP contribution in [0, 0.1) is 0 Å². The Morgan fingerprint density at radius 2 is 2.05 bits per heavy atom. The van der Waals surface area contributed by atoms with Crippen molar-refractivity contribution in [1.29, 1.82) is 0 Å². The Morgan fingerprint density at radius 3 is 2.70 bits per heavy atom. The summed E-state index contributed by atoms with van der Waals surface area (Å²) in [7, 11) is 1.55. The molecule has 1 aromatic rings. The number of hydrogen-bond donors (Lipinski definition) is 1. The molecule has 1 amide bonds. The van der Waals surface area contributed by atoms with Gasteiger partial charge < -0.3 is 10.0 Å². The maximum absolute atomic E-state index is 12.3. The molecule has 1 saturated heterocycles. The molecule has 0 saturated carbocycles. The lowest BCUT2D eigenvalue weighted by molar-refractivity contribution is -0.145. The molecule has 0 aromatic heterocycles. The number of carbonyl (C=O) groups is 2. The summed E-state index contributed by atoms with van der Waals surface area (Å²) >= 11 is 0. The van der Waals surface area contributed by atoms with E-state index in [0.29, 0.717) is 0 Å². The van der Waals surface area contributed by atoms with E-state index in [9.17, 15) is 9.59 Å². The van der Waals surface area contributed by atoms with Gasteiger partial charge in [-0.25, -0.2) is 0 Å². The summed E-state index contributed by atoms with van der Waals surface area (Å²) in [6.45, 7) is 1.37. The van der Waals surface area contributed by atoms with E-state index in [1.165, 1.54) is 10.5 Å². The molecule has 1 fully saturated rings. The second-order valence-electron chi connectivity index (χ2n) is 5.20. The SMILES string of the molecule is CN(CC(=O)O)C(=O)[C@@H]1CCCN1Cc1ccccc1. The van der Waals surface area contributed by atoms with Gasteiger partial charge in [-0.2, -0.15) is 0 Å². The van der Waals surface area contributed by atoms with Gasteiger partial charge in [-0.3, -0.25) is 14.5 Å². The molecule has 1 aliphatic rings. The molecule has 1 heterocycles. The molecule has 1 aliphatic heterocycles. The van der Waals surface area contributed by atoms with Crippen LogP contribution in [0.25, 0.3) is 0 Å². The molecule has 5 nitrogen and oxygen atoms in total. The first-order chi connectivity index (χ1) is 9.58. The fourth-order valence-corrected chi connectivity index (χ4v) is 2.65. The third-order valence-corrected chi connectivity index (χ3v) is 3.63. The van der Waals surface area contributed by atoms with Crippen LogP contribution in [0.15, 0.2) is 30.3 Å². The van der Waals surface area contributed by atoms with Crippen molar-refractivity contribution in [3.05, 3.63) is 35.9 Å². The predicted molar refractivity (Wildman–Crippen MR) is 75.1 cm³/mol. The van der Waals surface area contributed by atoms with Crippen LogP contribution < -0.4 is 0 Å². The second kappa shape index (κ2) is 6.52. The number of likely N-dealkylation sites (tertiary alicyclic amines) is 1. The predicted octanol–water partition coefficient (Wildman–Crippen LogP) is 1.19. The van der Waals surface area contributed by atoms with E-state index < -0.39 is 5.97 Å². The summed E-state index contributed by atoms with van der Waals surface area (Å²) < 4.78 is 0. The van der Waals surface area contributed by atoms with Crippen LogP contribution in [0.5, 0.6) is 0 Å². The number of carbonyl (C=O) groups excluding carboxylic acids is 1. The van der Waals surface area contributed by atoms with Gasteiger partial charge in [0.2, 0.25) is 5.91 Å². The van der Waals surface area contributed by atoms with E-state index in [1.807, 2.05) is 30.3 Å². The number of carboxylic acids is 1. The van der Waals surface area contributed by atoms with Gasteiger partial charge in [0.25, 0.3) is 0 Å². The normalized spacial score (nSPS) is 18.9. The number of amides is 1. The quantitative estimate of drug-likeness (QED) is 0.877. The van der Waals surface area contributed by atoms with Crippen molar-refractivity contribution in [2.75, 3.05) is 20.1 Å². The average molecular weight is 276 g/mol. The molecule has 1 N–H and O–H groups in total. The number of hydrogen-bond acceptors (Lipinski definition) is 3. The molecule has 0 aliphatic carbocycles. The Bertz CT molecular complexity index is 475. The molecular weight excluding hydrogens is 256 g/mol. The zero-order valence-corrected chi connectivity index (χ0v) is 11.7. The van der Waals surface area contributed by atoms with Gasteiger partial charge in [0.15, 0.2) is 0 Å². The first-order valence-electron chi connectivity index (χ1n) is 6.82. The summed E-state index contributed by atoms with van der Waals surface area (Å²) in [5.74, 6) is -1.07. The third kappa shape index (κ3) is 3.57. The highest BCUT2D eigenvalue weighted by molar-refractivity contribution is 5.85. The van der Waals surface area contributed by atoms with Crippen molar-refractivity contribution in [2.24, 2.45) is 0 Å². The molecule has 2 rings (SSSR count). The van der Waals surface area contributed by atoms with E-state index >= 15 is 0 Å². The first-order valence-corrected chi connectivity index (χ1v) is 6.82. The van der Waals surface area contributed by atoms with Gasteiger partial charge in [-0.15, -0.1) is 0 Å². The lowest BCUT2D eigenvalue weighted by Crippen LogP contribution is -2.45. The van der Waals surface area contributed by atoms with Crippen LogP contribution in [0.4, 0.5) is 0 Å². The Hall–Kier alpha value is -1.88. The van der Waals surface area contributed by atoms with Gasteiger partial charge >= 0.3 is 5.97 Å². The minimum absolute atomic E-state index is 0.0965. The molecule has 0 bridgehead atoms. The van der Waals surface area contributed by atoms with Gasteiger partial charge in [-0.05, 0) is 24.9 Å². The van der Waals surface area contributed by atoms with E-state index in [0.717, 1.165) is 25.9 Å². The summed E-state index contributed by atoms with van der Waals surface area (Å²) in [5, 5.41) is 8.77. The van der Waals surface area contributed by atoms with Crippen molar-refractivity contribution in [2.45, 2.75) is 25.4 Å². The van der Waals surface area contributed by atoms with E-state index in [2.05, 4.69) is 4.90 Å². The number of nitrogens with zero attached hydrogens (tertiary/aromatic N) is 2. The zero-order chi connectivity index (χ0) is 14.5. The van der Waals surface area contributed by atoms with Crippen molar-refractivity contribution < 1.29 is 14.7 Å². The van der Waals surface area contributed by atoms with Crippen LogP contribution in [-0.2, 0) is 16.1 Å². The summed E-state index contributed by atoms with van der Waals surface area (Å²) in [4.78, 5) is 26.4. The lowest BCUT2D eigenvalue weighted by Gasteiger charge is -2.27. The number of likely N-dealkylation sites (N-methyl/N-ethyl adjacent to an activating group) is 1. The smallest absolute Gasteiger partial charge is 0.323 e. The second-order valence-corrected chi connectivity index (χ2v) is 5.20. The van der Waals surface area contributed by atoms with Crippen LogP contribution in [0.1, 0.15) is 18.4 Å². The molecule has 20 heavy (non-hydrogen) atoms. The molecule has 1 aromatic carbocycles. The zero-order valence-electron chi connectivity index (χ0n) is 11.7. The molecule has 1 atom stereocenters. The molecule has 0 spiro atoms. The molecule has 0 radical (unpaired) electrons. The van der Waals surface area contributed by atoms with Gasteiger partial charge in [0.1, 0.15) is 6.54 Å². The fourth-order valence-electron chi connectivity index (χ4n) is 2.65. The van der Waals surface area contributed by atoms with E-state index in [4.69, 9.17) is 5.11 Å². The number of benzene rings is 1. The highest BCUT2D eigenvalue weighted by Gasteiger charge is 2.32.